The van der Waals surface area contributed by atoms with Gasteiger partial charge in [-0.3, -0.25) is 9.36 Å². The van der Waals surface area contributed by atoms with E-state index in [1.54, 1.807) is 24.3 Å². The van der Waals surface area contributed by atoms with Gasteiger partial charge in [0.1, 0.15) is 17.8 Å². The Labute approximate surface area is 91.3 Å². The number of imidazole rings is 1. The molecule has 0 atom stereocenters. The highest BCUT2D eigenvalue weighted by Crippen LogP contribution is 2.24. The number of nitrogen functional groups attached to an aromatic ring is 1. The zero-order valence-corrected chi connectivity index (χ0v) is 8.48. The van der Waals surface area contributed by atoms with Gasteiger partial charge in [-0.05, 0) is 12.1 Å². The van der Waals surface area contributed by atoms with Gasteiger partial charge in [-0.25, -0.2) is 4.98 Å². The molecule has 0 unspecified atom stereocenters. The minimum Gasteiger partial charge on any atom is -0.383 e. The first kappa shape index (κ1) is 9.73. The quantitative estimate of drug-likeness (QED) is 0.787. The minimum atomic E-state index is 0.326. The van der Waals surface area contributed by atoms with Crippen molar-refractivity contribution in [2.24, 2.45) is 0 Å². The number of hydrogen-bond acceptors (Lipinski definition) is 3. The lowest BCUT2D eigenvalue weighted by Gasteiger charge is -1.99. The number of anilines is 1. The summed E-state index contributed by atoms with van der Waals surface area (Å²) in [5.74, 6) is 0.326. The van der Waals surface area contributed by atoms with E-state index in [2.05, 4.69) is 4.98 Å². The van der Waals surface area contributed by atoms with E-state index in [0.717, 1.165) is 5.56 Å². The molecule has 0 aliphatic rings. The Morgan fingerprint density at radius 2 is 2.00 bits per heavy atom. The molecule has 0 spiro atoms. The third kappa shape index (κ3) is 1.71. The largest absolute Gasteiger partial charge is 0.383 e. The molecule has 0 bridgehead atoms. The molecule has 0 amide bonds. The number of nitrogens with zero attached hydrogens (tertiary/aromatic N) is 2. The van der Waals surface area contributed by atoms with Gasteiger partial charge >= 0.3 is 0 Å². The molecule has 4 nitrogen and oxygen atoms in total. The van der Waals surface area contributed by atoms with Crippen LogP contribution in [-0.2, 0) is 4.79 Å². The predicted molar refractivity (Wildman–Crippen MR) is 59.2 cm³/mol. The molecule has 15 heavy (non-hydrogen) atoms. The normalized spacial score (nSPS) is 10.2. The minimum absolute atomic E-state index is 0.326. The Morgan fingerprint density at radius 1 is 1.33 bits per heavy atom. The van der Waals surface area contributed by atoms with Crippen molar-refractivity contribution in [1.82, 2.24) is 9.55 Å². The standard InChI is InChI=1S/C10H8ClN3O/c11-8-3-1-7(2-4-8)9-10(12)14(6-15)5-13-9/h1-6H,12H2. The number of rotatable bonds is 2. The average Bonchev–Trinajstić information content (AvgIpc) is 2.61. The fraction of sp³-hybridized carbons (Fsp3) is 0. The van der Waals surface area contributed by atoms with Crippen LogP contribution in [0.4, 0.5) is 5.82 Å². The van der Waals surface area contributed by atoms with E-state index >= 15 is 0 Å². The second-order valence-corrected chi connectivity index (χ2v) is 3.43. The SMILES string of the molecule is Nc1c(-c2ccc(Cl)cc2)ncn1C=O. The van der Waals surface area contributed by atoms with E-state index in [1.165, 1.54) is 10.9 Å². The first-order valence-electron chi connectivity index (χ1n) is 4.26. The van der Waals surface area contributed by atoms with Gasteiger partial charge in [0, 0.05) is 10.6 Å². The number of hydrogen-bond donors (Lipinski definition) is 1. The van der Waals surface area contributed by atoms with Gasteiger partial charge in [0.15, 0.2) is 0 Å². The van der Waals surface area contributed by atoms with Crippen molar-refractivity contribution in [2.75, 3.05) is 5.73 Å². The van der Waals surface area contributed by atoms with Crippen LogP contribution in [-0.4, -0.2) is 16.0 Å². The number of carbonyl (C=O) groups is 1. The fourth-order valence-electron chi connectivity index (χ4n) is 1.28. The van der Waals surface area contributed by atoms with E-state index in [4.69, 9.17) is 17.3 Å². The van der Waals surface area contributed by atoms with Gasteiger partial charge in [0.05, 0.1) is 0 Å². The molecule has 1 aromatic heterocycles. The number of halogens is 1. The van der Waals surface area contributed by atoms with Gasteiger partial charge in [-0.15, -0.1) is 0 Å². The molecule has 0 aliphatic carbocycles. The monoisotopic (exact) mass is 221 g/mol. The first-order valence-corrected chi connectivity index (χ1v) is 4.63. The van der Waals surface area contributed by atoms with Crippen molar-refractivity contribution in [3.8, 4) is 11.3 Å². The summed E-state index contributed by atoms with van der Waals surface area (Å²) in [6.45, 7) is 0. The molecule has 0 radical (unpaired) electrons. The summed E-state index contributed by atoms with van der Waals surface area (Å²) in [6, 6.07) is 7.10. The predicted octanol–water partition coefficient (Wildman–Crippen LogP) is 1.82. The second-order valence-electron chi connectivity index (χ2n) is 3.00. The summed E-state index contributed by atoms with van der Waals surface area (Å²) in [5, 5.41) is 0.646. The molecule has 0 fully saturated rings. The molecule has 76 valence electrons. The fourth-order valence-corrected chi connectivity index (χ4v) is 1.41. The van der Waals surface area contributed by atoms with Gasteiger partial charge in [0.2, 0.25) is 6.41 Å². The van der Waals surface area contributed by atoms with Crippen LogP contribution in [0, 0.1) is 0 Å². The van der Waals surface area contributed by atoms with Crippen LogP contribution in [0.2, 0.25) is 5.02 Å². The lowest BCUT2D eigenvalue weighted by Crippen LogP contribution is -1.99. The van der Waals surface area contributed by atoms with E-state index in [1.807, 2.05) is 0 Å². The van der Waals surface area contributed by atoms with Crippen molar-refractivity contribution in [2.45, 2.75) is 0 Å². The third-order valence-corrected chi connectivity index (χ3v) is 2.32. The zero-order chi connectivity index (χ0) is 10.8. The summed E-state index contributed by atoms with van der Waals surface area (Å²) in [4.78, 5) is 14.6. The van der Waals surface area contributed by atoms with Crippen LogP contribution in [0.1, 0.15) is 0 Å². The highest BCUT2D eigenvalue weighted by molar-refractivity contribution is 6.30. The van der Waals surface area contributed by atoms with Crippen LogP contribution >= 0.6 is 11.6 Å². The topological polar surface area (TPSA) is 60.9 Å². The molecule has 1 heterocycles. The van der Waals surface area contributed by atoms with E-state index in [9.17, 15) is 4.79 Å². The molecule has 2 rings (SSSR count). The van der Waals surface area contributed by atoms with Crippen LogP contribution in [0.25, 0.3) is 11.3 Å². The van der Waals surface area contributed by atoms with E-state index < -0.39 is 0 Å². The Balaban J connectivity index is 2.49. The molecular formula is C10H8ClN3O. The van der Waals surface area contributed by atoms with Crippen LogP contribution < -0.4 is 5.73 Å². The van der Waals surface area contributed by atoms with Gasteiger partial charge in [-0.1, -0.05) is 23.7 Å². The van der Waals surface area contributed by atoms with Crippen molar-refractivity contribution in [3.63, 3.8) is 0 Å². The highest BCUT2D eigenvalue weighted by atomic mass is 35.5. The van der Waals surface area contributed by atoms with Gasteiger partial charge in [0.25, 0.3) is 0 Å². The smallest absolute Gasteiger partial charge is 0.220 e. The molecule has 0 saturated carbocycles. The summed E-state index contributed by atoms with van der Waals surface area (Å²) in [5.41, 5.74) is 7.13. The second kappa shape index (κ2) is 3.74. The van der Waals surface area contributed by atoms with E-state index in [-0.39, 0.29) is 0 Å². The molecule has 0 saturated heterocycles. The summed E-state index contributed by atoms with van der Waals surface area (Å²) in [7, 11) is 0. The molecular weight excluding hydrogens is 214 g/mol. The number of nitrogens with two attached hydrogens (primary N) is 1. The number of aromatic nitrogens is 2. The summed E-state index contributed by atoms with van der Waals surface area (Å²) < 4.78 is 1.23. The Kier molecular flexibility index (Phi) is 2.43. The van der Waals surface area contributed by atoms with Crippen molar-refractivity contribution >= 4 is 23.8 Å². The van der Waals surface area contributed by atoms with E-state index in [0.29, 0.717) is 22.9 Å². The molecule has 0 aliphatic heterocycles. The highest BCUT2D eigenvalue weighted by Gasteiger charge is 2.08. The zero-order valence-electron chi connectivity index (χ0n) is 7.72. The Bertz CT molecular complexity index is 490. The van der Waals surface area contributed by atoms with Crippen molar-refractivity contribution in [3.05, 3.63) is 35.6 Å². The third-order valence-electron chi connectivity index (χ3n) is 2.06. The summed E-state index contributed by atoms with van der Waals surface area (Å²) >= 11 is 5.76. The lowest BCUT2D eigenvalue weighted by atomic mass is 10.1. The van der Waals surface area contributed by atoms with Crippen molar-refractivity contribution in [1.29, 1.82) is 0 Å². The maximum atomic E-state index is 10.5. The molecule has 1 aromatic carbocycles. The number of carbonyl (C=O) groups excluding carboxylic acids is 1. The van der Waals surface area contributed by atoms with Crippen LogP contribution in [0.5, 0.6) is 0 Å². The first-order chi connectivity index (χ1) is 7.22. The van der Waals surface area contributed by atoms with Gasteiger partial charge in [-0.2, -0.15) is 0 Å². The maximum Gasteiger partial charge on any atom is 0.220 e. The molecule has 5 heteroatoms. The molecule has 2 N–H and O–H groups in total. The number of benzene rings is 1. The summed E-state index contributed by atoms with van der Waals surface area (Å²) in [6.07, 6.45) is 1.99. The average molecular weight is 222 g/mol. The Hall–Kier alpha value is -1.81. The van der Waals surface area contributed by atoms with Crippen LogP contribution in [0.15, 0.2) is 30.6 Å². The molecule has 2 aromatic rings. The van der Waals surface area contributed by atoms with Crippen molar-refractivity contribution < 1.29 is 4.79 Å². The van der Waals surface area contributed by atoms with Crippen LogP contribution in [0.3, 0.4) is 0 Å². The maximum absolute atomic E-state index is 10.5. The lowest BCUT2D eigenvalue weighted by molar-refractivity contribution is 0.548. The Morgan fingerprint density at radius 3 is 2.53 bits per heavy atom. The van der Waals surface area contributed by atoms with Gasteiger partial charge < -0.3 is 5.73 Å².